The van der Waals surface area contributed by atoms with E-state index in [0.29, 0.717) is 5.92 Å². The third kappa shape index (κ3) is 3.51. The Morgan fingerprint density at radius 1 is 1.44 bits per heavy atom. The van der Waals surface area contributed by atoms with Gasteiger partial charge in [-0.25, -0.2) is 0 Å². The molecular formula is C14H18BrNOS. The second-order valence-corrected chi connectivity index (χ2v) is 6.76. The van der Waals surface area contributed by atoms with Gasteiger partial charge in [-0.05, 0) is 54.9 Å². The van der Waals surface area contributed by atoms with Gasteiger partial charge >= 0.3 is 0 Å². The summed E-state index contributed by atoms with van der Waals surface area (Å²) in [6.07, 6.45) is 2.45. The molecule has 1 amide bonds. The predicted octanol–water partition coefficient (Wildman–Crippen LogP) is 3.63. The first-order chi connectivity index (χ1) is 8.68. The number of rotatable bonds is 3. The molecule has 1 aromatic carbocycles. The van der Waals surface area contributed by atoms with E-state index in [-0.39, 0.29) is 5.91 Å². The van der Waals surface area contributed by atoms with E-state index in [1.807, 2.05) is 36.9 Å². The van der Waals surface area contributed by atoms with Gasteiger partial charge in [0.15, 0.2) is 0 Å². The number of nitrogens with one attached hydrogen (secondary N) is 1. The fraction of sp³-hybridized carbons (Fsp3) is 0.500. The van der Waals surface area contributed by atoms with Gasteiger partial charge in [-0.3, -0.25) is 4.79 Å². The van der Waals surface area contributed by atoms with Gasteiger partial charge < -0.3 is 5.32 Å². The van der Waals surface area contributed by atoms with Crippen molar-refractivity contribution in [3.05, 3.63) is 33.8 Å². The van der Waals surface area contributed by atoms with E-state index in [9.17, 15) is 4.79 Å². The maximum absolute atomic E-state index is 12.1. The van der Waals surface area contributed by atoms with E-state index < -0.39 is 0 Å². The molecule has 0 radical (unpaired) electrons. The number of carbonyl (C=O) groups excluding carboxylic acids is 1. The molecule has 1 N–H and O–H groups in total. The van der Waals surface area contributed by atoms with Crippen molar-refractivity contribution < 1.29 is 4.79 Å². The summed E-state index contributed by atoms with van der Waals surface area (Å²) < 4.78 is 0.990. The van der Waals surface area contributed by atoms with Crippen LogP contribution < -0.4 is 5.32 Å². The van der Waals surface area contributed by atoms with E-state index in [1.165, 1.54) is 24.3 Å². The van der Waals surface area contributed by atoms with Crippen LogP contribution in [0.15, 0.2) is 22.7 Å². The third-order valence-electron chi connectivity index (χ3n) is 3.40. The van der Waals surface area contributed by atoms with Gasteiger partial charge in [0.2, 0.25) is 0 Å². The molecule has 0 atom stereocenters. The van der Waals surface area contributed by atoms with Crippen LogP contribution in [0.5, 0.6) is 0 Å². The SMILES string of the molecule is Cc1c(Br)cccc1C(=O)NCC1CCSCC1. The van der Waals surface area contributed by atoms with Crippen LogP contribution in [0.25, 0.3) is 0 Å². The maximum atomic E-state index is 12.1. The molecule has 2 nitrogen and oxygen atoms in total. The van der Waals surface area contributed by atoms with Crippen LogP contribution in [0.3, 0.4) is 0 Å². The first-order valence-electron chi connectivity index (χ1n) is 6.29. The monoisotopic (exact) mass is 327 g/mol. The molecule has 1 aliphatic rings. The summed E-state index contributed by atoms with van der Waals surface area (Å²) in [5.41, 5.74) is 1.78. The van der Waals surface area contributed by atoms with Crippen molar-refractivity contribution in [2.24, 2.45) is 5.92 Å². The third-order valence-corrected chi connectivity index (χ3v) is 5.31. The molecule has 0 unspecified atom stereocenters. The maximum Gasteiger partial charge on any atom is 0.251 e. The van der Waals surface area contributed by atoms with Crippen LogP contribution in [0.2, 0.25) is 0 Å². The summed E-state index contributed by atoms with van der Waals surface area (Å²) in [5.74, 6) is 3.17. The van der Waals surface area contributed by atoms with Crippen molar-refractivity contribution in [2.75, 3.05) is 18.1 Å². The summed E-state index contributed by atoms with van der Waals surface area (Å²) in [7, 11) is 0. The number of thioether (sulfide) groups is 1. The summed E-state index contributed by atoms with van der Waals surface area (Å²) >= 11 is 5.47. The van der Waals surface area contributed by atoms with Crippen LogP contribution in [0.1, 0.15) is 28.8 Å². The smallest absolute Gasteiger partial charge is 0.251 e. The van der Waals surface area contributed by atoms with Crippen molar-refractivity contribution in [2.45, 2.75) is 19.8 Å². The number of hydrogen-bond donors (Lipinski definition) is 1. The molecule has 18 heavy (non-hydrogen) atoms. The average molecular weight is 328 g/mol. The van der Waals surface area contributed by atoms with Crippen molar-refractivity contribution >= 4 is 33.6 Å². The quantitative estimate of drug-likeness (QED) is 0.918. The molecule has 1 aliphatic heterocycles. The molecule has 0 saturated carbocycles. The zero-order valence-electron chi connectivity index (χ0n) is 10.5. The van der Waals surface area contributed by atoms with Gasteiger partial charge in [-0.2, -0.15) is 11.8 Å². The van der Waals surface area contributed by atoms with Crippen molar-refractivity contribution in [3.63, 3.8) is 0 Å². The Morgan fingerprint density at radius 3 is 2.89 bits per heavy atom. The van der Waals surface area contributed by atoms with Crippen LogP contribution in [-0.2, 0) is 0 Å². The van der Waals surface area contributed by atoms with E-state index in [0.717, 1.165) is 22.1 Å². The van der Waals surface area contributed by atoms with Gasteiger partial charge in [0.05, 0.1) is 0 Å². The molecule has 1 heterocycles. The second kappa shape index (κ2) is 6.62. The molecular weight excluding hydrogens is 310 g/mol. The highest BCUT2D eigenvalue weighted by Gasteiger charge is 2.16. The molecule has 0 spiro atoms. The molecule has 4 heteroatoms. The minimum Gasteiger partial charge on any atom is -0.352 e. The Morgan fingerprint density at radius 2 is 2.17 bits per heavy atom. The predicted molar refractivity (Wildman–Crippen MR) is 81.3 cm³/mol. The Labute approximate surface area is 121 Å². The molecule has 0 aliphatic carbocycles. The molecule has 0 bridgehead atoms. The molecule has 1 saturated heterocycles. The number of hydrogen-bond acceptors (Lipinski definition) is 2. The Balaban J connectivity index is 1.93. The lowest BCUT2D eigenvalue weighted by molar-refractivity contribution is 0.0945. The minimum absolute atomic E-state index is 0.0482. The fourth-order valence-electron chi connectivity index (χ4n) is 2.14. The zero-order valence-corrected chi connectivity index (χ0v) is 12.9. The highest BCUT2D eigenvalue weighted by atomic mass is 79.9. The number of amides is 1. The zero-order chi connectivity index (χ0) is 13.0. The van der Waals surface area contributed by atoms with Crippen LogP contribution >= 0.6 is 27.7 Å². The minimum atomic E-state index is 0.0482. The lowest BCUT2D eigenvalue weighted by atomic mass is 10.0. The van der Waals surface area contributed by atoms with Crippen LogP contribution in [0, 0.1) is 12.8 Å². The summed E-state index contributed by atoms with van der Waals surface area (Å²) in [4.78, 5) is 12.1. The number of carbonyl (C=O) groups is 1. The Kier molecular flexibility index (Phi) is 5.13. The lowest BCUT2D eigenvalue weighted by Gasteiger charge is -2.21. The molecule has 1 fully saturated rings. The molecule has 2 rings (SSSR count). The largest absolute Gasteiger partial charge is 0.352 e. The van der Waals surface area contributed by atoms with Crippen molar-refractivity contribution in [1.82, 2.24) is 5.32 Å². The van der Waals surface area contributed by atoms with Gasteiger partial charge in [0, 0.05) is 16.6 Å². The number of halogens is 1. The van der Waals surface area contributed by atoms with E-state index in [1.54, 1.807) is 0 Å². The fourth-order valence-corrected chi connectivity index (χ4v) is 3.71. The van der Waals surface area contributed by atoms with E-state index in [4.69, 9.17) is 0 Å². The van der Waals surface area contributed by atoms with Crippen molar-refractivity contribution in [3.8, 4) is 0 Å². The van der Waals surface area contributed by atoms with Gasteiger partial charge in [0.1, 0.15) is 0 Å². The molecule has 1 aromatic rings. The Bertz CT molecular complexity index is 430. The highest BCUT2D eigenvalue weighted by Crippen LogP contribution is 2.22. The van der Waals surface area contributed by atoms with Gasteiger partial charge in [-0.1, -0.05) is 22.0 Å². The van der Waals surface area contributed by atoms with Gasteiger partial charge in [0.25, 0.3) is 5.91 Å². The summed E-state index contributed by atoms with van der Waals surface area (Å²) in [6.45, 7) is 2.78. The van der Waals surface area contributed by atoms with Crippen molar-refractivity contribution in [1.29, 1.82) is 0 Å². The Hall–Kier alpha value is -0.480. The first kappa shape index (κ1) is 13.9. The highest BCUT2D eigenvalue weighted by molar-refractivity contribution is 9.10. The summed E-state index contributed by atoms with van der Waals surface area (Å²) in [6, 6.07) is 5.75. The number of benzene rings is 1. The standard InChI is InChI=1S/C14H18BrNOS/c1-10-12(3-2-4-13(10)15)14(17)16-9-11-5-7-18-8-6-11/h2-4,11H,5-9H2,1H3,(H,16,17). The normalized spacial score (nSPS) is 16.6. The van der Waals surface area contributed by atoms with Gasteiger partial charge in [-0.15, -0.1) is 0 Å². The molecule has 0 aromatic heterocycles. The lowest BCUT2D eigenvalue weighted by Crippen LogP contribution is -2.31. The second-order valence-electron chi connectivity index (χ2n) is 4.68. The average Bonchev–Trinajstić information content (AvgIpc) is 2.40. The van der Waals surface area contributed by atoms with Crippen LogP contribution in [-0.4, -0.2) is 24.0 Å². The first-order valence-corrected chi connectivity index (χ1v) is 8.24. The van der Waals surface area contributed by atoms with Crippen LogP contribution in [0.4, 0.5) is 0 Å². The topological polar surface area (TPSA) is 29.1 Å². The molecule has 98 valence electrons. The summed E-state index contributed by atoms with van der Waals surface area (Å²) in [5, 5.41) is 3.07. The van der Waals surface area contributed by atoms with E-state index in [2.05, 4.69) is 21.2 Å². The van der Waals surface area contributed by atoms with E-state index >= 15 is 0 Å².